The zero-order valence-electron chi connectivity index (χ0n) is 15.9. The van der Waals surface area contributed by atoms with Crippen molar-refractivity contribution in [2.24, 2.45) is 17.3 Å². The van der Waals surface area contributed by atoms with Crippen LogP contribution in [-0.4, -0.2) is 34.1 Å². The van der Waals surface area contributed by atoms with Gasteiger partial charge in [0.25, 0.3) is 5.91 Å². The van der Waals surface area contributed by atoms with Gasteiger partial charge in [-0.05, 0) is 72.0 Å². The van der Waals surface area contributed by atoms with Gasteiger partial charge in [0.1, 0.15) is 11.2 Å². The maximum atomic E-state index is 12.8. The Morgan fingerprint density at radius 2 is 2.08 bits per heavy atom. The van der Waals surface area contributed by atoms with E-state index in [1.165, 1.54) is 0 Å². The summed E-state index contributed by atoms with van der Waals surface area (Å²) in [7, 11) is 0. The van der Waals surface area contributed by atoms with Crippen molar-refractivity contribution in [1.29, 1.82) is 0 Å². The zero-order valence-corrected chi connectivity index (χ0v) is 15.9. The zero-order chi connectivity index (χ0) is 19.1. The molecule has 0 unspecified atom stereocenters. The Morgan fingerprint density at radius 1 is 1.38 bits per heavy atom. The van der Waals surface area contributed by atoms with Crippen LogP contribution < -0.4 is 0 Å². The van der Waals surface area contributed by atoms with Gasteiger partial charge >= 0.3 is 12.1 Å². The number of hydrogen-bond acceptors (Lipinski definition) is 5. The first kappa shape index (κ1) is 17.3. The molecule has 0 radical (unpaired) electrons. The average molecular weight is 359 g/mol. The quantitative estimate of drug-likeness (QED) is 0.672. The minimum Gasteiger partial charge on any atom is -0.458 e. The standard InChI is InChI=1S/C20H25NO5/c1-11-8-13(21(15(11)22)17(24)26-18(2,3)4)10-20-12-6-7-19(5,14(20)9-12)25-16(20)23/h8,10,12,14H,6-7,9H2,1-5H3/b13-10+/t12-,14-,19+,20+/m0/s1. The molecule has 6 nitrogen and oxygen atoms in total. The number of nitrogens with zero attached hydrogens (tertiary/aromatic N) is 1. The Labute approximate surface area is 153 Å². The first-order valence-corrected chi connectivity index (χ1v) is 9.20. The van der Waals surface area contributed by atoms with Gasteiger partial charge < -0.3 is 9.47 Å². The van der Waals surface area contributed by atoms with Crippen molar-refractivity contribution in [2.75, 3.05) is 0 Å². The summed E-state index contributed by atoms with van der Waals surface area (Å²) in [5.41, 5.74) is -0.975. The van der Waals surface area contributed by atoms with Gasteiger partial charge in [0.05, 0.1) is 11.1 Å². The van der Waals surface area contributed by atoms with Gasteiger partial charge in [0.2, 0.25) is 0 Å². The fraction of sp³-hybridized carbons (Fsp3) is 0.650. The van der Waals surface area contributed by atoms with Crippen molar-refractivity contribution < 1.29 is 23.9 Å². The summed E-state index contributed by atoms with van der Waals surface area (Å²) in [6, 6.07) is 0. The number of esters is 1. The normalized spacial score (nSPS) is 39.7. The molecule has 140 valence electrons. The Morgan fingerprint density at radius 3 is 2.69 bits per heavy atom. The molecule has 2 heterocycles. The number of rotatable bonds is 1. The summed E-state index contributed by atoms with van der Waals surface area (Å²) in [4.78, 5) is 38.9. The van der Waals surface area contributed by atoms with Gasteiger partial charge in [-0.3, -0.25) is 9.59 Å². The second kappa shape index (κ2) is 4.99. The van der Waals surface area contributed by atoms with Crippen molar-refractivity contribution in [1.82, 2.24) is 4.90 Å². The maximum absolute atomic E-state index is 12.8. The number of fused-ring (bicyclic) bond motifs is 1. The van der Waals surface area contributed by atoms with E-state index in [4.69, 9.17) is 9.47 Å². The number of amides is 2. The molecule has 2 amide bonds. The summed E-state index contributed by atoms with van der Waals surface area (Å²) in [5, 5.41) is 0. The van der Waals surface area contributed by atoms with Crippen LogP contribution in [-0.2, 0) is 19.1 Å². The number of hydrogen-bond donors (Lipinski definition) is 0. The molecular formula is C20H25NO5. The highest BCUT2D eigenvalue weighted by atomic mass is 16.6. The van der Waals surface area contributed by atoms with Gasteiger partial charge in [0, 0.05) is 11.5 Å². The molecule has 3 saturated carbocycles. The summed E-state index contributed by atoms with van der Waals surface area (Å²) in [6.07, 6.45) is 5.51. The molecule has 4 fully saturated rings. The molecule has 0 spiro atoms. The third kappa shape index (κ3) is 2.14. The monoisotopic (exact) mass is 359 g/mol. The molecule has 0 N–H and O–H groups in total. The van der Waals surface area contributed by atoms with Crippen LogP contribution in [0.4, 0.5) is 4.79 Å². The van der Waals surface area contributed by atoms with Crippen LogP contribution in [0.15, 0.2) is 23.4 Å². The highest BCUT2D eigenvalue weighted by Crippen LogP contribution is 2.70. The van der Waals surface area contributed by atoms with Gasteiger partial charge in [-0.25, -0.2) is 9.69 Å². The molecule has 26 heavy (non-hydrogen) atoms. The molecule has 5 rings (SSSR count). The molecular weight excluding hydrogens is 334 g/mol. The average Bonchev–Trinajstić information content (AvgIpc) is 2.80. The first-order valence-electron chi connectivity index (χ1n) is 9.20. The number of carbonyl (C=O) groups is 3. The fourth-order valence-electron chi connectivity index (χ4n) is 5.04. The van der Waals surface area contributed by atoms with E-state index in [0.717, 1.165) is 24.2 Å². The molecule has 0 aromatic rings. The Bertz CT molecular complexity index is 787. The lowest BCUT2D eigenvalue weighted by atomic mass is 9.44. The SMILES string of the molecule is CC1=C/C(=C\[C@@]23C(=O)O[C@]4(C)CC[C@H]2C[C@H]34)N(C(=O)OC(C)(C)C)C1=O. The van der Waals surface area contributed by atoms with Crippen molar-refractivity contribution in [3.8, 4) is 0 Å². The van der Waals surface area contributed by atoms with Crippen LogP contribution >= 0.6 is 0 Å². The number of carbonyl (C=O) groups excluding carboxylic acids is 3. The molecule has 0 aromatic heterocycles. The summed E-state index contributed by atoms with van der Waals surface area (Å²) in [5.74, 6) is -0.298. The largest absolute Gasteiger partial charge is 0.458 e. The lowest BCUT2D eigenvalue weighted by Gasteiger charge is -2.55. The maximum Gasteiger partial charge on any atom is 0.422 e. The van der Waals surface area contributed by atoms with Crippen LogP contribution in [0.25, 0.3) is 0 Å². The third-order valence-corrected chi connectivity index (χ3v) is 6.30. The van der Waals surface area contributed by atoms with E-state index in [9.17, 15) is 14.4 Å². The lowest BCUT2D eigenvalue weighted by Crippen LogP contribution is -2.58. The Balaban J connectivity index is 1.73. The molecule has 1 saturated heterocycles. The number of imide groups is 1. The second-order valence-corrected chi connectivity index (χ2v) is 9.18. The summed E-state index contributed by atoms with van der Waals surface area (Å²) >= 11 is 0. The smallest absolute Gasteiger partial charge is 0.422 e. The van der Waals surface area contributed by atoms with E-state index >= 15 is 0 Å². The molecule has 4 bridgehead atoms. The van der Waals surface area contributed by atoms with Gasteiger partial charge in [-0.1, -0.05) is 0 Å². The minimum absolute atomic E-state index is 0.110. The van der Waals surface area contributed by atoms with Gasteiger partial charge in [-0.2, -0.15) is 0 Å². The van der Waals surface area contributed by atoms with Gasteiger partial charge in [0.15, 0.2) is 0 Å². The van der Waals surface area contributed by atoms with E-state index in [0.29, 0.717) is 11.3 Å². The third-order valence-electron chi connectivity index (χ3n) is 6.30. The van der Waals surface area contributed by atoms with Crippen molar-refractivity contribution >= 4 is 18.0 Å². The predicted molar refractivity (Wildman–Crippen MR) is 92.7 cm³/mol. The molecule has 2 aliphatic heterocycles. The fourth-order valence-corrected chi connectivity index (χ4v) is 5.04. The number of allylic oxidation sites excluding steroid dienone is 1. The molecule has 4 atom stereocenters. The van der Waals surface area contributed by atoms with E-state index < -0.39 is 28.6 Å². The first-order chi connectivity index (χ1) is 12.0. The second-order valence-electron chi connectivity index (χ2n) is 9.18. The van der Waals surface area contributed by atoms with E-state index in [2.05, 4.69) is 0 Å². The lowest BCUT2D eigenvalue weighted by molar-refractivity contribution is -0.151. The predicted octanol–water partition coefficient (Wildman–Crippen LogP) is 3.33. The topological polar surface area (TPSA) is 72.9 Å². The van der Waals surface area contributed by atoms with Crippen molar-refractivity contribution in [3.63, 3.8) is 0 Å². The van der Waals surface area contributed by atoms with Crippen LogP contribution in [0.2, 0.25) is 0 Å². The van der Waals surface area contributed by atoms with E-state index in [1.54, 1.807) is 39.8 Å². The van der Waals surface area contributed by atoms with Crippen molar-refractivity contribution in [2.45, 2.75) is 65.1 Å². The summed E-state index contributed by atoms with van der Waals surface area (Å²) < 4.78 is 11.1. The Hall–Kier alpha value is -2.11. The van der Waals surface area contributed by atoms with Crippen LogP contribution in [0.5, 0.6) is 0 Å². The molecule has 0 aromatic carbocycles. The van der Waals surface area contributed by atoms with E-state index in [-0.39, 0.29) is 17.8 Å². The Kier molecular flexibility index (Phi) is 3.32. The highest BCUT2D eigenvalue weighted by molar-refractivity contribution is 6.07. The van der Waals surface area contributed by atoms with Gasteiger partial charge in [-0.15, -0.1) is 0 Å². The van der Waals surface area contributed by atoms with Crippen LogP contribution in [0.3, 0.4) is 0 Å². The molecule has 5 aliphatic rings. The van der Waals surface area contributed by atoms with Crippen LogP contribution in [0, 0.1) is 17.3 Å². The van der Waals surface area contributed by atoms with E-state index in [1.807, 2.05) is 6.92 Å². The van der Waals surface area contributed by atoms with Crippen LogP contribution in [0.1, 0.15) is 53.9 Å². The molecule has 6 heteroatoms. The minimum atomic E-state index is -0.718. The molecule has 3 aliphatic carbocycles. The summed E-state index contributed by atoms with van der Waals surface area (Å²) in [6.45, 7) is 8.92. The highest BCUT2D eigenvalue weighted by Gasteiger charge is 2.74. The van der Waals surface area contributed by atoms with Crippen molar-refractivity contribution in [3.05, 3.63) is 23.4 Å². The number of ether oxygens (including phenoxy) is 2.